The molecule has 56 valence electrons. The molecule has 0 spiro atoms. The van der Waals surface area contributed by atoms with Gasteiger partial charge < -0.3 is 5.32 Å². The monoisotopic (exact) mass is 139 g/mol. The van der Waals surface area contributed by atoms with Gasteiger partial charge in [0.2, 0.25) is 0 Å². The topological polar surface area (TPSA) is 39.1 Å². The van der Waals surface area contributed by atoms with Crippen LogP contribution in [0.1, 0.15) is 6.92 Å². The first-order valence-corrected chi connectivity index (χ1v) is 3.59. The third kappa shape index (κ3) is 1.28. The van der Waals surface area contributed by atoms with Gasteiger partial charge in [-0.05, 0) is 14.0 Å². The average molecular weight is 139 g/mol. The minimum Gasteiger partial charge on any atom is -0.315 e. The molecule has 1 rings (SSSR count). The Morgan fingerprint density at radius 1 is 1.70 bits per heavy atom. The highest BCUT2D eigenvalue weighted by Gasteiger charge is 2.28. The van der Waals surface area contributed by atoms with Crippen LogP contribution in [-0.2, 0) is 0 Å². The molecular weight excluding hydrogens is 126 g/mol. The fourth-order valence-electron chi connectivity index (χ4n) is 1.09. The van der Waals surface area contributed by atoms with E-state index in [1.807, 2.05) is 14.0 Å². The molecule has 0 saturated carbocycles. The van der Waals surface area contributed by atoms with E-state index < -0.39 is 0 Å². The van der Waals surface area contributed by atoms with Gasteiger partial charge in [0.1, 0.15) is 0 Å². The van der Waals surface area contributed by atoms with Crippen molar-refractivity contribution in [3.63, 3.8) is 0 Å². The summed E-state index contributed by atoms with van der Waals surface area (Å²) in [7, 11) is 1.96. The summed E-state index contributed by atoms with van der Waals surface area (Å²) in [4.78, 5) is 2.15. The van der Waals surface area contributed by atoms with Crippen LogP contribution in [0.3, 0.4) is 0 Å². The summed E-state index contributed by atoms with van der Waals surface area (Å²) in [6.45, 7) is 3.97. The minimum atomic E-state index is 0.0876. The van der Waals surface area contributed by atoms with Gasteiger partial charge in [0.15, 0.2) is 0 Å². The molecule has 0 aromatic rings. The van der Waals surface area contributed by atoms with E-state index in [4.69, 9.17) is 5.26 Å². The normalized spacial score (nSPS) is 23.3. The smallest absolute Gasteiger partial charge is 0.0950 e. The third-order valence-electron chi connectivity index (χ3n) is 2.05. The van der Waals surface area contributed by atoms with Crippen LogP contribution in [0.2, 0.25) is 0 Å². The van der Waals surface area contributed by atoms with Crippen molar-refractivity contribution in [2.75, 3.05) is 20.1 Å². The molecule has 10 heavy (non-hydrogen) atoms. The third-order valence-corrected chi connectivity index (χ3v) is 2.05. The summed E-state index contributed by atoms with van der Waals surface area (Å²) in [5.74, 6) is 0. The van der Waals surface area contributed by atoms with Crippen molar-refractivity contribution in [3.8, 4) is 6.07 Å². The first-order chi connectivity index (χ1) is 4.77. The second kappa shape index (κ2) is 3.00. The first-order valence-electron chi connectivity index (χ1n) is 3.59. The van der Waals surface area contributed by atoms with Crippen LogP contribution in [0.25, 0.3) is 0 Å². The molecule has 1 heterocycles. The van der Waals surface area contributed by atoms with Crippen molar-refractivity contribution in [3.05, 3.63) is 0 Å². The first kappa shape index (κ1) is 7.52. The summed E-state index contributed by atoms with van der Waals surface area (Å²) in [5, 5.41) is 11.7. The van der Waals surface area contributed by atoms with Gasteiger partial charge in [0.25, 0.3) is 0 Å². The Balaban J connectivity index is 2.21. The molecule has 0 aromatic heterocycles. The zero-order valence-corrected chi connectivity index (χ0v) is 6.46. The molecule has 1 saturated heterocycles. The average Bonchev–Trinajstić information content (AvgIpc) is 1.85. The van der Waals surface area contributed by atoms with Crippen LogP contribution in [-0.4, -0.2) is 37.1 Å². The number of nitriles is 1. The second-order valence-electron chi connectivity index (χ2n) is 2.74. The van der Waals surface area contributed by atoms with Crippen LogP contribution < -0.4 is 5.32 Å². The van der Waals surface area contributed by atoms with E-state index in [9.17, 15) is 0 Å². The van der Waals surface area contributed by atoms with E-state index in [0.29, 0.717) is 6.04 Å². The Labute approximate surface area is 61.6 Å². The van der Waals surface area contributed by atoms with Gasteiger partial charge in [0.05, 0.1) is 12.1 Å². The molecule has 3 heteroatoms. The van der Waals surface area contributed by atoms with E-state index in [1.54, 1.807) is 0 Å². The van der Waals surface area contributed by atoms with Gasteiger partial charge in [-0.25, -0.2) is 0 Å². The molecule has 1 aliphatic rings. The highest BCUT2D eigenvalue weighted by Crippen LogP contribution is 2.10. The highest BCUT2D eigenvalue weighted by molar-refractivity contribution is 4.96. The predicted molar refractivity (Wildman–Crippen MR) is 39.5 cm³/mol. The summed E-state index contributed by atoms with van der Waals surface area (Å²) >= 11 is 0. The number of hydrogen-bond donors (Lipinski definition) is 1. The lowest BCUT2D eigenvalue weighted by molar-refractivity contribution is 0.112. The molecule has 1 atom stereocenters. The van der Waals surface area contributed by atoms with Gasteiger partial charge in [-0.2, -0.15) is 5.26 Å². The largest absolute Gasteiger partial charge is 0.315 e. The lowest BCUT2D eigenvalue weighted by Gasteiger charge is -2.40. The minimum absolute atomic E-state index is 0.0876. The summed E-state index contributed by atoms with van der Waals surface area (Å²) in [5.41, 5.74) is 0. The molecule has 0 aliphatic carbocycles. The molecule has 0 amide bonds. The van der Waals surface area contributed by atoms with Gasteiger partial charge in [-0.1, -0.05) is 0 Å². The lowest BCUT2D eigenvalue weighted by Crippen LogP contribution is -2.59. The maximum absolute atomic E-state index is 8.52. The van der Waals surface area contributed by atoms with Gasteiger partial charge in [-0.3, -0.25) is 4.90 Å². The van der Waals surface area contributed by atoms with E-state index in [2.05, 4.69) is 16.3 Å². The number of likely N-dealkylation sites (tertiary alicyclic amines) is 1. The molecule has 1 aliphatic heterocycles. The molecule has 0 bridgehead atoms. The quantitative estimate of drug-likeness (QED) is 0.576. The Kier molecular flexibility index (Phi) is 2.25. The van der Waals surface area contributed by atoms with Gasteiger partial charge in [-0.15, -0.1) is 0 Å². The van der Waals surface area contributed by atoms with Crippen LogP contribution in [0.5, 0.6) is 0 Å². The van der Waals surface area contributed by atoms with E-state index in [0.717, 1.165) is 13.1 Å². The maximum atomic E-state index is 8.52. The number of hydrogen-bond acceptors (Lipinski definition) is 3. The predicted octanol–water partition coefficient (Wildman–Crippen LogP) is -0.198. The summed E-state index contributed by atoms with van der Waals surface area (Å²) in [6, 6.07) is 2.90. The van der Waals surface area contributed by atoms with Crippen LogP contribution in [0.4, 0.5) is 0 Å². The van der Waals surface area contributed by atoms with Crippen molar-refractivity contribution < 1.29 is 0 Å². The van der Waals surface area contributed by atoms with Crippen molar-refractivity contribution in [2.24, 2.45) is 0 Å². The van der Waals surface area contributed by atoms with E-state index in [-0.39, 0.29) is 6.04 Å². The molecular formula is C7H13N3. The lowest BCUT2D eigenvalue weighted by atomic mass is 10.1. The number of nitrogens with zero attached hydrogens (tertiary/aromatic N) is 2. The van der Waals surface area contributed by atoms with E-state index >= 15 is 0 Å². The SMILES string of the molecule is CNC1CN([C@@H](C)C#N)C1. The Bertz CT molecular complexity index is 143. The molecule has 3 nitrogen and oxygen atoms in total. The Hall–Kier alpha value is -0.590. The van der Waals surface area contributed by atoms with Crippen LogP contribution >= 0.6 is 0 Å². The zero-order valence-electron chi connectivity index (χ0n) is 6.46. The highest BCUT2D eigenvalue weighted by atomic mass is 15.3. The number of likely N-dealkylation sites (N-methyl/N-ethyl adjacent to an activating group) is 1. The Morgan fingerprint density at radius 2 is 2.30 bits per heavy atom. The van der Waals surface area contributed by atoms with Crippen molar-refractivity contribution in [2.45, 2.75) is 19.0 Å². The fourth-order valence-corrected chi connectivity index (χ4v) is 1.09. The molecule has 0 radical (unpaired) electrons. The fraction of sp³-hybridized carbons (Fsp3) is 0.857. The maximum Gasteiger partial charge on any atom is 0.0950 e. The Morgan fingerprint density at radius 3 is 2.70 bits per heavy atom. The second-order valence-corrected chi connectivity index (χ2v) is 2.74. The van der Waals surface area contributed by atoms with Crippen LogP contribution in [0, 0.1) is 11.3 Å². The molecule has 0 aromatic carbocycles. The van der Waals surface area contributed by atoms with Gasteiger partial charge >= 0.3 is 0 Å². The molecule has 0 unspecified atom stereocenters. The number of nitrogens with one attached hydrogen (secondary N) is 1. The standard InChI is InChI=1S/C7H13N3/c1-6(3-8)10-4-7(5-10)9-2/h6-7,9H,4-5H2,1-2H3/t6-/m0/s1. The van der Waals surface area contributed by atoms with Crippen molar-refractivity contribution in [1.29, 1.82) is 5.26 Å². The van der Waals surface area contributed by atoms with Gasteiger partial charge in [0, 0.05) is 19.1 Å². The van der Waals surface area contributed by atoms with Crippen molar-refractivity contribution >= 4 is 0 Å². The molecule has 1 N–H and O–H groups in total. The molecule has 1 fully saturated rings. The number of rotatable bonds is 2. The summed E-state index contributed by atoms with van der Waals surface area (Å²) < 4.78 is 0. The van der Waals surface area contributed by atoms with Crippen LogP contribution in [0.15, 0.2) is 0 Å². The van der Waals surface area contributed by atoms with E-state index in [1.165, 1.54) is 0 Å². The summed E-state index contributed by atoms with van der Waals surface area (Å²) in [6.07, 6.45) is 0. The zero-order chi connectivity index (χ0) is 7.56. The van der Waals surface area contributed by atoms with Crippen molar-refractivity contribution in [1.82, 2.24) is 10.2 Å².